The molecule has 0 fully saturated rings. The Kier molecular flexibility index (Phi) is 5.71. The number of nitrogens with one attached hydrogen (secondary N) is 1. The molecule has 2 aromatic carbocycles. The molecule has 0 atom stereocenters. The number of hydrogen-bond acceptors (Lipinski definition) is 7. The predicted octanol–water partition coefficient (Wildman–Crippen LogP) is 1.73. The fraction of sp³-hybridized carbons (Fsp3) is 0.188. The number of aromatic hydroxyl groups is 1. The first-order valence-electron chi connectivity index (χ1n) is 7.05. The number of hydrogen-bond donors (Lipinski definition) is 2. The third kappa shape index (κ3) is 4.13. The van der Waals surface area contributed by atoms with Crippen molar-refractivity contribution in [2.45, 2.75) is 4.90 Å². The molecule has 2 aromatic rings. The molecule has 0 aromatic heterocycles. The second-order valence-electron chi connectivity index (χ2n) is 4.77. The van der Waals surface area contributed by atoms with Crippen LogP contribution in [-0.2, 0) is 10.0 Å². The van der Waals surface area contributed by atoms with Crippen LogP contribution in [0.5, 0.6) is 23.0 Å². The fourth-order valence-electron chi connectivity index (χ4n) is 2.02. The third-order valence-electron chi connectivity index (χ3n) is 3.29. The first-order chi connectivity index (χ1) is 11.9. The van der Waals surface area contributed by atoms with Crippen molar-refractivity contribution in [1.29, 1.82) is 0 Å². The molecule has 2 N–H and O–H groups in total. The van der Waals surface area contributed by atoms with Crippen molar-refractivity contribution in [3.63, 3.8) is 0 Å². The second kappa shape index (κ2) is 7.75. The lowest BCUT2D eigenvalue weighted by atomic mass is 10.2. The van der Waals surface area contributed by atoms with Crippen LogP contribution in [0, 0.1) is 0 Å². The summed E-state index contributed by atoms with van der Waals surface area (Å²) in [5.41, 5.74) is 0.291. The normalized spacial score (nSPS) is 11.3. The Morgan fingerprint density at radius 1 is 1.04 bits per heavy atom. The number of sulfonamides is 1. The average Bonchev–Trinajstić information content (AvgIpc) is 2.62. The lowest BCUT2D eigenvalue weighted by molar-refractivity contribution is 0.373. The summed E-state index contributed by atoms with van der Waals surface area (Å²) < 4.78 is 39.9. The highest BCUT2D eigenvalue weighted by atomic mass is 32.2. The number of benzene rings is 2. The van der Waals surface area contributed by atoms with E-state index in [1.807, 2.05) is 0 Å². The van der Waals surface area contributed by atoms with Gasteiger partial charge in [0.2, 0.25) is 0 Å². The number of hydrazone groups is 1. The molecule has 0 amide bonds. The van der Waals surface area contributed by atoms with Gasteiger partial charge in [0.25, 0.3) is 10.0 Å². The number of phenolic OH excluding ortho intramolecular Hbond substituents is 1. The molecule has 0 saturated heterocycles. The van der Waals surface area contributed by atoms with E-state index in [-0.39, 0.29) is 22.1 Å². The zero-order chi connectivity index (χ0) is 18.4. The number of rotatable bonds is 7. The number of para-hydroxylation sites is 1. The monoisotopic (exact) mass is 366 g/mol. The van der Waals surface area contributed by atoms with Crippen molar-refractivity contribution in [1.82, 2.24) is 4.83 Å². The fourth-order valence-corrected chi connectivity index (χ4v) is 2.99. The molecule has 25 heavy (non-hydrogen) atoms. The summed E-state index contributed by atoms with van der Waals surface area (Å²) >= 11 is 0. The minimum atomic E-state index is -4.00. The molecule has 0 heterocycles. The smallest absolute Gasteiger partial charge is 0.280 e. The summed E-state index contributed by atoms with van der Waals surface area (Å²) in [5, 5.41) is 13.6. The molecular formula is C16H18N2O6S. The molecule has 0 radical (unpaired) electrons. The van der Waals surface area contributed by atoms with Gasteiger partial charge in [-0.25, -0.2) is 0 Å². The first kappa shape index (κ1) is 18.4. The highest BCUT2D eigenvalue weighted by Crippen LogP contribution is 2.29. The summed E-state index contributed by atoms with van der Waals surface area (Å²) in [7, 11) is 0.196. The topological polar surface area (TPSA) is 106 Å². The predicted molar refractivity (Wildman–Crippen MR) is 92.1 cm³/mol. The lowest BCUT2D eigenvalue weighted by Crippen LogP contribution is -2.19. The van der Waals surface area contributed by atoms with Crippen LogP contribution < -0.4 is 19.0 Å². The number of methoxy groups -OCH3 is 3. The van der Waals surface area contributed by atoms with Crippen molar-refractivity contribution in [3.05, 3.63) is 42.0 Å². The zero-order valence-electron chi connectivity index (χ0n) is 13.9. The minimum absolute atomic E-state index is 0.124. The number of nitrogens with zero attached hydrogens (tertiary/aromatic N) is 1. The average molecular weight is 366 g/mol. The maximum absolute atomic E-state index is 12.4. The van der Waals surface area contributed by atoms with E-state index in [0.717, 1.165) is 0 Å². The van der Waals surface area contributed by atoms with E-state index in [9.17, 15) is 13.5 Å². The van der Waals surface area contributed by atoms with Crippen LogP contribution in [0.15, 0.2) is 46.4 Å². The van der Waals surface area contributed by atoms with Crippen LogP contribution in [0.3, 0.4) is 0 Å². The molecular weight excluding hydrogens is 348 g/mol. The summed E-state index contributed by atoms with van der Waals surface area (Å²) in [4.78, 5) is 1.94. The summed E-state index contributed by atoms with van der Waals surface area (Å²) in [6.07, 6.45) is 1.17. The van der Waals surface area contributed by atoms with Crippen molar-refractivity contribution in [2.24, 2.45) is 5.10 Å². The highest BCUT2D eigenvalue weighted by Gasteiger charge is 2.20. The Balaban J connectivity index is 2.28. The van der Waals surface area contributed by atoms with Gasteiger partial charge < -0.3 is 19.3 Å². The summed E-state index contributed by atoms with van der Waals surface area (Å²) in [6, 6.07) is 9.14. The number of phenols is 1. The van der Waals surface area contributed by atoms with Gasteiger partial charge in [-0.15, -0.1) is 0 Å². The van der Waals surface area contributed by atoms with Crippen molar-refractivity contribution >= 4 is 16.2 Å². The number of ether oxygens (including phenoxy) is 3. The van der Waals surface area contributed by atoms with Crippen molar-refractivity contribution in [2.75, 3.05) is 21.3 Å². The molecule has 0 aliphatic rings. The van der Waals surface area contributed by atoms with Gasteiger partial charge in [-0.3, -0.25) is 0 Å². The molecule has 0 bridgehead atoms. The molecule has 0 saturated carbocycles. The van der Waals surface area contributed by atoms with E-state index < -0.39 is 10.0 Å². The van der Waals surface area contributed by atoms with E-state index in [4.69, 9.17) is 14.2 Å². The molecule has 0 aliphatic heterocycles. The minimum Gasteiger partial charge on any atom is -0.504 e. The van der Waals surface area contributed by atoms with Crippen molar-refractivity contribution in [3.8, 4) is 23.0 Å². The Bertz CT molecular complexity index is 880. The molecule has 0 aliphatic carbocycles. The van der Waals surface area contributed by atoms with Crippen molar-refractivity contribution < 1.29 is 27.7 Å². The molecule has 9 heteroatoms. The van der Waals surface area contributed by atoms with Gasteiger partial charge in [0.1, 0.15) is 16.4 Å². The van der Waals surface area contributed by atoms with E-state index in [2.05, 4.69) is 9.93 Å². The molecule has 0 unspecified atom stereocenters. The van der Waals surface area contributed by atoms with Gasteiger partial charge in [0.05, 0.1) is 27.5 Å². The summed E-state index contributed by atoms with van der Waals surface area (Å²) in [5.74, 6) is 0.608. The molecule has 134 valence electrons. The largest absolute Gasteiger partial charge is 0.504 e. The van der Waals surface area contributed by atoms with Gasteiger partial charge in [-0.05, 0) is 24.3 Å². The third-order valence-corrected chi connectivity index (χ3v) is 4.53. The van der Waals surface area contributed by atoms with Crippen LogP contribution in [0.2, 0.25) is 0 Å². The first-order valence-corrected chi connectivity index (χ1v) is 8.54. The van der Waals surface area contributed by atoms with Crippen LogP contribution in [0.4, 0.5) is 0 Å². The van der Waals surface area contributed by atoms with Crippen LogP contribution in [0.1, 0.15) is 5.56 Å². The summed E-state index contributed by atoms with van der Waals surface area (Å²) in [6.45, 7) is 0. The standard InChI is InChI=1S/C16H18N2O6S/c1-22-12-7-8-13(23-2)15(9-12)25(20,21)18-17-10-11-5-4-6-14(24-3)16(11)19/h4-10,18-19H,1-3H3/b17-10-. The Morgan fingerprint density at radius 2 is 1.76 bits per heavy atom. The van der Waals surface area contributed by atoms with E-state index in [1.54, 1.807) is 24.3 Å². The maximum atomic E-state index is 12.4. The molecule has 0 spiro atoms. The Labute approximate surface area is 145 Å². The van der Waals surface area contributed by atoms with Crippen LogP contribution in [0.25, 0.3) is 0 Å². The van der Waals surface area contributed by atoms with Crippen LogP contribution >= 0.6 is 0 Å². The SMILES string of the molecule is COc1ccc(OC)c(S(=O)(=O)N/N=C\c2cccc(OC)c2O)c1. The van der Waals surface area contributed by atoms with Gasteiger partial charge in [-0.2, -0.15) is 18.4 Å². The Morgan fingerprint density at radius 3 is 2.40 bits per heavy atom. The second-order valence-corrected chi connectivity index (χ2v) is 6.40. The van der Waals surface area contributed by atoms with Gasteiger partial charge in [-0.1, -0.05) is 6.07 Å². The van der Waals surface area contributed by atoms with Gasteiger partial charge in [0.15, 0.2) is 11.5 Å². The lowest BCUT2D eigenvalue weighted by Gasteiger charge is -2.10. The van der Waals surface area contributed by atoms with Gasteiger partial charge in [0, 0.05) is 11.6 Å². The van der Waals surface area contributed by atoms with E-state index >= 15 is 0 Å². The molecule has 8 nitrogen and oxygen atoms in total. The van der Waals surface area contributed by atoms with E-state index in [0.29, 0.717) is 11.3 Å². The van der Waals surface area contributed by atoms with Crippen LogP contribution in [-0.4, -0.2) is 41.1 Å². The molecule has 2 rings (SSSR count). The zero-order valence-corrected chi connectivity index (χ0v) is 14.7. The van der Waals surface area contributed by atoms with Gasteiger partial charge >= 0.3 is 0 Å². The van der Waals surface area contributed by atoms with E-state index in [1.165, 1.54) is 39.7 Å². The maximum Gasteiger partial charge on any atom is 0.280 e. The Hall–Kier alpha value is -2.94. The quantitative estimate of drug-likeness (QED) is 0.571. The highest BCUT2D eigenvalue weighted by molar-refractivity contribution is 7.89.